The second-order valence-electron chi connectivity index (χ2n) is 3.80. The number of rotatable bonds is 4. The number of ether oxygens (including phenoxy) is 1. The first-order valence-corrected chi connectivity index (χ1v) is 5.47. The fourth-order valence-electron chi connectivity index (χ4n) is 1.44. The first-order chi connectivity index (χ1) is 9.51. The van der Waals surface area contributed by atoms with Crippen molar-refractivity contribution in [3.63, 3.8) is 0 Å². The molecule has 0 aliphatic heterocycles. The SMILES string of the molecule is NCc1ccc(Oc2cc(F)c([N+](=O)[O-])cc2F)nc1. The maximum Gasteiger partial charge on any atom is 0.307 e. The number of nitrogens with two attached hydrogens (primary N) is 1. The molecule has 2 rings (SSSR count). The van der Waals surface area contributed by atoms with Crippen molar-refractivity contribution in [3.05, 3.63) is 57.8 Å². The second-order valence-corrected chi connectivity index (χ2v) is 3.80. The van der Waals surface area contributed by atoms with E-state index in [4.69, 9.17) is 10.5 Å². The maximum absolute atomic E-state index is 13.6. The molecule has 0 atom stereocenters. The minimum Gasteiger partial charge on any atom is -0.436 e. The summed E-state index contributed by atoms with van der Waals surface area (Å²) in [7, 11) is 0. The number of hydrogen-bond acceptors (Lipinski definition) is 5. The van der Waals surface area contributed by atoms with Crippen molar-refractivity contribution in [1.29, 1.82) is 0 Å². The van der Waals surface area contributed by atoms with Gasteiger partial charge in [0.15, 0.2) is 11.6 Å². The van der Waals surface area contributed by atoms with E-state index in [1.54, 1.807) is 6.07 Å². The van der Waals surface area contributed by atoms with E-state index in [2.05, 4.69) is 4.98 Å². The smallest absolute Gasteiger partial charge is 0.307 e. The number of pyridine rings is 1. The fourth-order valence-corrected chi connectivity index (χ4v) is 1.44. The zero-order valence-electron chi connectivity index (χ0n) is 10.0. The Kier molecular flexibility index (Phi) is 3.85. The van der Waals surface area contributed by atoms with Gasteiger partial charge < -0.3 is 10.5 Å². The van der Waals surface area contributed by atoms with E-state index < -0.39 is 28.0 Å². The third-order valence-electron chi connectivity index (χ3n) is 2.45. The number of nitrogens with zero attached hydrogens (tertiary/aromatic N) is 2. The van der Waals surface area contributed by atoms with Gasteiger partial charge in [0.25, 0.3) is 0 Å². The van der Waals surface area contributed by atoms with Gasteiger partial charge in [0, 0.05) is 24.9 Å². The predicted octanol–water partition coefficient (Wildman–Crippen LogP) is 2.52. The zero-order chi connectivity index (χ0) is 14.7. The molecule has 1 aromatic heterocycles. The normalized spacial score (nSPS) is 10.3. The summed E-state index contributed by atoms with van der Waals surface area (Å²) in [5.74, 6) is -2.71. The van der Waals surface area contributed by atoms with Gasteiger partial charge in [-0.15, -0.1) is 0 Å². The summed E-state index contributed by atoms with van der Waals surface area (Å²) in [5, 5.41) is 10.4. The number of benzene rings is 1. The molecule has 8 heteroatoms. The quantitative estimate of drug-likeness (QED) is 0.686. The van der Waals surface area contributed by atoms with E-state index in [1.807, 2.05) is 0 Å². The molecule has 0 fully saturated rings. The minimum absolute atomic E-state index is 0.0225. The van der Waals surface area contributed by atoms with E-state index in [-0.39, 0.29) is 12.4 Å². The largest absolute Gasteiger partial charge is 0.436 e. The van der Waals surface area contributed by atoms with Gasteiger partial charge in [-0.05, 0) is 5.56 Å². The molecule has 6 nitrogen and oxygen atoms in total. The number of halogens is 2. The molecule has 0 saturated heterocycles. The standard InChI is InChI=1S/C12H9F2N3O3/c13-8-4-11(9(14)3-10(8)17(18)19)20-12-2-1-7(5-15)6-16-12/h1-4,6H,5,15H2. The monoisotopic (exact) mass is 281 g/mol. The highest BCUT2D eigenvalue weighted by Gasteiger charge is 2.19. The molecule has 20 heavy (non-hydrogen) atoms. The Bertz CT molecular complexity index is 647. The van der Waals surface area contributed by atoms with E-state index in [1.165, 1.54) is 12.3 Å². The summed E-state index contributed by atoms with van der Waals surface area (Å²) in [6.45, 7) is 0.286. The molecule has 2 N–H and O–H groups in total. The van der Waals surface area contributed by atoms with Crippen LogP contribution in [0.3, 0.4) is 0 Å². The van der Waals surface area contributed by atoms with Crippen LogP contribution >= 0.6 is 0 Å². The summed E-state index contributed by atoms with van der Waals surface area (Å²) < 4.78 is 32.0. The number of nitro benzene ring substituents is 1. The van der Waals surface area contributed by atoms with Crippen molar-refractivity contribution in [1.82, 2.24) is 4.98 Å². The molecule has 104 valence electrons. The van der Waals surface area contributed by atoms with Crippen LogP contribution < -0.4 is 10.5 Å². The summed E-state index contributed by atoms with van der Waals surface area (Å²) >= 11 is 0. The van der Waals surface area contributed by atoms with Crippen LogP contribution in [-0.2, 0) is 6.54 Å². The molecule has 2 aromatic rings. The van der Waals surface area contributed by atoms with Crippen molar-refractivity contribution in [2.24, 2.45) is 5.73 Å². The molecule has 0 aliphatic rings. The average Bonchev–Trinajstić information content (AvgIpc) is 2.43. The Balaban J connectivity index is 2.29. The van der Waals surface area contributed by atoms with E-state index >= 15 is 0 Å². The third-order valence-corrected chi connectivity index (χ3v) is 2.45. The lowest BCUT2D eigenvalue weighted by Gasteiger charge is -2.06. The molecular formula is C12H9F2N3O3. The molecule has 0 saturated carbocycles. The van der Waals surface area contributed by atoms with E-state index in [0.29, 0.717) is 12.1 Å². The lowest BCUT2D eigenvalue weighted by molar-refractivity contribution is -0.387. The van der Waals surface area contributed by atoms with Crippen molar-refractivity contribution in [2.75, 3.05) is 0 Å². The van der Waals surface area contributed by atoms with Gasteiger partial charge in [0.1, 0.15) is 0 Å². The Labute approximate surface area is 112 Å². The first-order valence-electron chi connectivity index (χ1n) is 5.47. The highest BCUT2D eigenvalue weighted by molar-refractivity contribution is 5.40. The van der Waals surface area contributed by atoms with E-state index in [9.17, 15) is 18.9 Å². The van der Waals surface area contributed by atoms with Crippen LogP contribution in [0.2, 0.25) is 0 Å². The van der Waals surface area contributed by atoms with Gasteiger partial charge in [-0.3, -0.25) is 10.1 Å². The van der Waals surface area contributed by atoms with Crippen molar-refractivity contribution >= 4 is 5.69 Å². The van der Waals surface area contributed by atoms with Crippen LogP contribution in [0.5, 0.6) is 11.6 Å². The summed E-state index contributed by atoms with van der Waals surface area (Å²) in [6.07, 6.45) is 1.43. The Morgan fingerprint density at radius 3 is 2.60 bits per heavy atom. The Hall–Kier alpha value is -2.61. The van der Waals surface area contributed by atoms with Gasteiger partial charge in [0.2, 0.25) is 11.7 Å². The molecule has 1 aromatic carbocycles. The van der Waals surface area contributed by atoms with Gasteiger partial charge in [-0.2, -0.15) is 4.39 Å². The number of hydrogen-bond donors (Lipinski definition) is 1. The summed E-state index contributed by atoms with van der Waals surface area (Å²) in [6, 6.07) is 4.11. The fraction of sp³-hybridized carbons (Fsp3) is 0.0833. The molecule has 0 bridgehead atoms. The van der Waals surface area contributed by atoms with Crippen LogP contribution in [0.4, 0.5) is 14.5 Å². The van der Waals surface area contributed by atoms with Crippen molar-refractivity contribution in [3.8, 4) is 11.6 Å². The third kappa shape index (κ3) is 2.86. The van der Waals surface area contributed by atoms with Crippen LogP contribution in [0, 0.1) is 21.7 Å². The lowest BCUT2D eigenvalue weighted by Crippen LogP contribution is -1.99. The van der Waals surface area contributed by atoms with E-state index in [0.717, 1.165) is 5.56 Å². The molecule has 1 heterocycles. The lowest BCUT2D eigenvalue weighted by atomic mass is 10.2. The molecule has 0 amide bonds. The van der Waals surface area contributed by atoms with Gasteiger partial charge in [0.05, 0.1) is 11.0 Å². The Morgan fingerprint density at radius 2 is 2.05 bits per heavy atom. The molecule has 0 radical (unpaired) electrons. The van der Waals surface area contributed by atoms with Crippen LogP contribution in [0.25, 0.3) is 0 Å². The predicted molar refractivity (Wildman–Crippen MR) is 65.2 cm³/mol. The van der Waals surface area contributed by atoms with Gasteiger partial charge in [-0.25, -0.2) is 9.37 Å². The minimum atomic E-state index is -1.19. The zero-order valence-corrected chi connectivity index (χ0v) is 10.0. The highest BCUT2D eigenvalue weighted by atomic mass is 19.1. The number of aromatic nitrogens is 1. The van der Waals surface area contributed by atoms with Crippen LogP contribution in [0.15, 0.2) is 30.5 Å². The summed E-state index contributed by atoms with van der Waals surface area (Å²) in [5.41, 5.74) is 5.17. The Morgan fingerprint density at radius 1 is 1.30 bits per heavy atom. The first kappa shape index (κ1) is 13.8. The molecular weight excluding hydrogens is 272 g/mol. The van der Waals surface area contributed by atoms with Crippen LogP contribution in [0.1, 0.15) is 5.56 Å². The topological polar surface area (TPSA) is 91.3 Å². The summed E-state index contributed by atoms with van der Waals surface area (Å²) in [4.78, 5) is 13.3. The molecule has 0 spiro atoms. The van der Waals surface area contributed by atoms with Crippen LogP contribution in [-0.4, -0.2) is 9.91 Å². The number of nitro groups is 1. The highest BCUT2D eigenvalue weighted by Crippen LogP contribution is 2.29. The second kappa shape index (κ2) is 5.57. The average molecular weight is 281 g/mol. The molecule has 0 unspecified atom stereocenters. The van der Waals surface area contributed by atoms with Gasteiger partial charge in [-0.1, -0.05) is 6.07 Å². The van der Waals surface area contributed by atoms with Crippen molar-refractivity contribution < 1.29 is 18.4 Å². The molecule has 0 aliphatic carbocycles. The van der Waals surface area contributed by atoms with Crippen molar-refractivity contribution in [2.45, 2.75) is 6.54 Å². The maximum atomic E-state index is 13.6. The van der Waals surface area contributed by atoms with Gasteiger partial charge >= 0.3 is 5.69 Å².